The Morgan fingerprint density at radius 1 is 1.07 bits per heavy atom. The molecule has 1 unspecified atom stereocenters. The number of rotatable bonds is 3. The van der Waals surface area contributed by atoms with E-state index < -0.39 is 22.1 Å². The Morgan fingerprint density at radius 3 is 2.59 bits per heavy atom. The first kappa shape index (κ1) is 16.7. The molecule has 3 saturated heterocycles. The fourth-order valence-electron chi connectivity index (χ4n) is 4.73. The van der Waals surface area contributed by atoms with Crippen molar-refractivity contribution in [3.63, 3.8) is 0 Å². The van der Waals surface area contributed by atoms with Gasteiger partial charge in [-0.1, -0.05) is 36.4 Å². The first-order valence-corrected chi connectivity index (χ1v) is 10.7. The fourth-order valence-corrected chi connectivity index (χ4v) is 6.07. The zero-order chi connectivity index (χ0) is 18.9. The normalized spacial score (nSPS) is 27.8. The van der Waals surface area contributed by atoms with Crippen molar-refractivity contribution in [2.45, 2.75) is 31.5 Å². The first-order valence-electron chi connectivity index (χ1n) is 9.07. The van der Waals surface area contributed by atoms with Gasteiger partial charge in [-0.2, -0.15) is 4.31 Å². The van der Waals surface area contributed by atoms with Gasteiger partial charge in [-0.3, -0.25) is 4.79 Å². The van der Waals surface area contributed by atoms with Crippen molar-refractivity contribution in [2.75, 3.05) is 17.2 Å². The van der Waals surface area contributed by atoms with Crippen LogP contribution in [0.5, 0.6) is 0 Å². The summed E-state index contributed by atoms with van der Waals surface area (Å²) in [7, 11) is -3.40. The quantitative estimate of drug-likeness (QED) is 0.755. The van der Waals surface area contributed by atoms with Crippen molar-refractivity contribution in [2.24, 2.45) is 0 Å². The van der Waals surface area contributed by atoms with Crippen molar-refractivity contribution in [3.05, 3.63) is 42.5 Å². The lowest BCUT2D eigenvalue weighted by Gasteiger charge is -2.33. The fraction of sp³-hybridized carbons (Fsp3) is 0.368. The highest BCUT2D eigenvalue weighted by molar-refractivity contribution is 7.89. The SMILES string of the molecule is CCS(=O)(=O)N1C[C@H]2CC1[C@H]1C(=O)N(c3cccc4ccccc34)C(=O)N21. The van der Waals surface area contributed by atoms with Crippen LogP contribution in [0.1, 0.15) is 13.3 Å². The number of hydrogen-bond donors (Lipinski definition) is 0. The van der Waals surface area contributed by atoms with Crippen LogP contribution in [0.3, 0.4) is 0 Å². The van der Waals surface area contributed by atoms with Crippen molar-refractivity contribution < 1.29 is 18.0 Å². The number of hydrogen-bond acceptors (Lipinski definition) is 4. The summed E-state index contributed by atoms with van der Waals surface area (Å²) in [6.07, 6.45) is 0.532. The molecule has 5 rings (SSSR count). The molecule has 0 aromatic heterocycles. The topological polar surface area (TPSA) is 78.0 Å². The smallest absolute Gasteiger partial charge is 0.306 e. The van der Waals surface area contributed by atoms with E-state index in [2.05, 4.69) is 0 Å². The van der Waals surface area contributed by atoms with Gasteiger partial charge >= 0.3 is 6.03 Å². The van der Waals surface area contributed by atoms with Gasteiger partial charge in [0.05, 0.1) is 17.5 Å². The maximum Gasteiger partial charge on any atom is 0.332 e. The molecule has 7 nitrogen and oxygen atoms in total. The lowest BCUT2D eigenvalue weighted by Crippen LogP contribution is -2.55. The number of nitrogens with zero attached hydrogens (tertiary/aromatic N) is 3. The standard InChI is InChI=1S/C19H19N3O4S/c1-2-27(25,26)20-11-13-10-16(20)17-18(23)22(19(24)21(13)17)15-9-5-7-12-6-3-4-8-14(12)15/h3-9,13,16-17H,2,10-11H2,1H3/t13-,16?,17+/m1/s1. The minimum absolute atomic E-state index is 0.00187. The summed E-state index contributed by atoms with van der Waals surface area (Å²) in [5, 5.41) is 1.77. The zero-order valence-electron chi connectivity index (χ0n) is 14.8. The third-order valence-electron chi connectivity index (χ3n) is 5.95. The molecular formula is C19H19N3O4S. The summed E-state index contributed by atoms with van der Waals surface area (Å²) in [6.45, 7) is 1.88. The summed E-state index contributed by atoms with van der Waals surface area (Å²) in [6, 6.07) is 11.4. The molecule has 3 heterocycles. The number of carbonyl (C=O) groups is 2. The average Bonchev–Trinajstić information content (AvgIpc) is 3.33. The number of benzene rings is 2. The van der Waals surface area contributed by atoms with Crippen LogP contribution in [0.25, 0.3) is 10.8 Å². The molecule has 3 aliphatic rings. The highest BCUT2D eigenvalue weighted by atomic mass is 32.2. The Hall–Kier alpha value is -2.45. The van der Waals surface area contributed by atoms with Gasteiger partial charge in [-0.25, -0.2) is 18.1 Å². The maximum atomic E-state index is 13.2. The van der Waals surface area contributed by atoms with E-state index in [9.17, 15) is 18.0 Å². The second-order valence-electron chi connectivity index (χ2n) is 7.23. The number of sulfonamides is 1. The molecule has 0 radical (unpaired) electrons. The van der Waals surface area contributed by atoms with E-state index in [0.717, 1.165) is 10.8 Å². The number of fused-ring (bicyclic) bond motifs is 6. The van der Waals surface area contributed by atoms with Crippen LogP contribution in [0.4, 0.5) is 10.5 Å². The Morgan fingerprint density at radius 2 is 1.81 bits per heavy atom. The van der Waals surface area contributed by atoms with E-state index in [4.69, 9.17) is 0 Å². The van der Waals surface area contributed by atoms with Crippen LogP contribution in [0.2, 0.25) is 0 Å². The Balaban J connectivity index is 1.58. The molecule has 27 heavy (non-hydrogen) atoms. The molecule has 3 atom stereocenters. The van der Waals surface area contributed by atoms with Gasteiger partial charge in [-0.05, 0) is 24.8 Å². The van der Waals surface area contributed by atoms with Gasteiger partial charge in [-0.15, -0.1) is 0 Å². The lowest BCUT2D eigenvalue weighted by molar-refractivity contribution is -0.120. The summed E-state index contributed by atoms with van der Waals surface area (Å²) < 4.78 is 26.2. The van der Waals surface area contributed by atoms with E-state index in [1.54, 1.807) is 17.9 Å². The van der Waals surface area contributed by atoms with Crippen LogP contribution in [0, 0.1) is 0 Å². The minimum Gasteiger partial charge on any atom is -0.306 e. The number of piperazine rings is 1. The summed E-state index contributed by atoms with van der Waals surface area (Å²) in [5.74, 6) is -0.335. The van der Waals surface area contributed by atoms with Crippen LogP contribution in [-0.4, -0.2) is 60.0 Å². The molecule has 0 N–H and O–H groups in total. The third kappa shape index (κ3) is 2.14. The molecule has 2 aromatic carbocycles. The van der Waals surface area contributed by atoms with E-state index in [-0.39, 0.29) is 30.3 Å². The first-order chi connectivity index (χ1) is 12.9. The molecule has 2 aromatic rings. The minimum atomic E-state index is -3.40. The zero-order valence-corrected chi connectivity index (χ0v) is 15.6. The van der Waals surface area contributed by atoms with Crippen LogP contribution in [0.15, 0.2) is 42.5 Å². The molecule has 8 heteroatoms. The molecule has 0 spiro atoms. The Kier molecular flexibility index (Phi) is 3.42. The maximum absolute atomic E-state index is 13.2. The van der Waals surface area contributed by atoms with E-state index in [1.807, 2.05) is 36.4 Å². The van der Waals surface area contributed by atoms with Gasteiger partial charge < -0.3 is 4.90 Å². The van der Waals surface area contributed by atoms with Crippen molar-refractivity contribution in [3.8, 4) is 0 Å². The largest absolute Gasteiger partial charge is 0.332 e. The number of amides is 3. The molecule has 2 bridgehead atoms. The lowest BCUT2D eigenvalue weighted by atomic mass is 10.1. The molecular weight excluding hydrogens is 366 g/mol. The van der Waals surface area contributed by atoms with Gasteiger partial charge in [0, 0.05) is 18.0 Å². The molecule has 3 fully saturated rings. The van der Waals surface area contributed by atoms with Gasteiger partial charge in [0.25, 0.3) is 5.91 Å². The highest BCUT2D eigenvalue weighted by Crippen LogP contribution is 2.44. The van der Waals surface area contributed by atoms with Gasteiger partial charge in [0.1, 0.15) is 6.04 Å². The number of carbonyl (C=O) groups excluding carboxylic acids is 2. The highest BCUT2D eigenvalue weighted by Gasteiger charge is 2.63. The predicted octanol–water partition coefficient (Wildman–Crippen LogP) is 1.78. The van der Waals surface area contributed by atoms with Crippen LogP contribution in [-0.2, 0) is 14.8 Å². The summed E-state index contributed by atoms with van der Waals surface area (Å²) in [4.78, 5) is 29.2. The van der Waals surface area contributed by atoms with E-state index in [0.29, 0.717) is 12.1 Å². The van der Waals surface area contributed by atoms with Crippen LogP contribution < -0.4 is 4.90 Å². The summed E-state index contributed by atoms with van der Waals surface area (Å²) in [5.41, 5.74) is 0.557. The monoisotopic (exact) mass is 385 g/mol. The van der Waals surface area contributed by atoms with Crippen molar-refractivity contribution in [1.82, 2.24) is 9.21 Å². The average molecular weight is 385 g/mol. The second-order valence-corrected chi connectivity index (χ2v) is 9.44. The number of urea groups is 1. The third-order valence-corrected chi connectivity index (χ3v) is 7.81. The van der Waals surface area contributed by atoms with E-state index >= 15 is 0 Å². The van der Waals surface area contributed by atoms with Gasteiger partial charge in [0.2, 0.25) is 10.0 Å². The summed E-state index contributed by atoms with van der Waals surface area (Å²) >= 11 is 0. The molecule has 0 aliphatic carbocycles. The van der Waals surface area contributed by atoms with Crippen molar-refractivity contribution in [1.29, 1.82) is 0 Å². The predicted molar refractivity (Wildman–Crippen MR) is 101 cm³/mol. The second kappa shape index (κ2) is 5.53. The number of anilines is 1. The van der Waals surface area contributed by atoms with Crippen LogP contribution >= 0.6 is 0 Å². The Bertz CT molecular complexity index is 1080. The Labute approximate surface area is 157 Å². The van der Waals surface area contributed by atoms with E-state index in [1.165, 1.54) is 9.21 Å². The van der Waals surface area contributed by atoms with Gasteiger partial charge in [0.15, 0.2) is 0 Å². The number of imide groups is 1. The molecule has 0 saturated carbocycles. The molecule has 140 valence electrons. The molecule has 3 aliphatic heterocycles. The van der Waals surface area contributed by atoms with Crippen molar-refractivity contribution >= 4 is 38.4 Å². The molecule has 3 amide bonds.